The third-order valence-corrected chi connectivity index (χ3v) is 5.91. The standard InChI is InChI=1S/C30H33FO5/c1-2-18-33-29-28(35-21-25-16-10-5-11-17-25)27(34-20-24-14-8-4-9-15-24)26(36-30(29)31)22-32-19-23-12-6-3-7-13-23/h2-18,26-30H,19-22H2,1H3/b18-2-/t26-,27-,28+,29-,30-/m1/s1. The molecule has 3 aromatic carbocycles. The second-order valence-corrected chi connectivity index (χ2v) is 8.62. The van der Waals surface area contributed by atoms with E-state index in [1.165, 1.54) is 6.26 Å². The van der Waals surface area contributed by atoms with Crippen LogP contribution < -0.4 is 0 Å². The van der Waals surface area contributed by atoms with Crippen LogP contribution in [0.2, 0.25) is 0 Å². The Hall–Kier alpha value is -3.03. The Labute approximate surface area is 212 Å². The molecule has 0 aromatic heterocycles. The van der Waals surface area contributed by atoms with Gasteiger partial charge in [-0.25, -0.2) is 4.39 Å². The molecule has 5 atom stereocenters. The highest BCUT2D eigenvalue weighted by Gasteiger charge is 2.49. The van der Waals surface area contributed by atoms with E-state index in [1.807, 2.05) is 91.0 Å². The fourth-order valence-corrected chi connectivity index (χ4v) is 4.10. The van der Waals surface area contributed by atoms with Gasteiger partial charge in [0.25, 0.3) is 0 Å². The van der Waals surface area contributed by atoms with Gasteiger partial charge in [0.15, 0.2) is 6.10 Å². The molecule has 36 heavy (non-hydrogen) atoms. The summed E-state index contributed by atoms with van der Waals surface area (Å²) >= 11 is 0. The third kappa shape index (κ3) is 7.48. The van der Waals surface area contributed by atoms with Crippen molar-refractivity contribution in [2.24, 2.45) is 0 Å². The van der Waals surface area contributed by atoms with Crippen LogP contribution in [0.25, 0.3) is 0 Å². The van der Waals surface area contributed by atoms with E-state index in [1.54, 1.807) is 13.0 Å². The van der Waals surface area contributed by atoms with Crippen LogP contribution >= 0.6 is 0 Å². The normalized spacial score (nSPS) is 24.1. The zero-order valence-corrected chi connectivity index (χ0v) is 20.4. The zero-order chi connectivity index (χ0) is 25.0. The molecule has 4 rings (SSSR count). The minimum Gasteiger partial charge on any atom is -0.490 e. The summed E-state index contributed by atoms with van der Waals surface area (Å²) in [6.45, 7) is 2.95. The van der Waals surface area contributed by atoms with Crippen LogP contribution in [-0.4, -0.2) is 37.4 Å². The number of halogens is 1. The van der Waals surface area contributed by atoms with Crippen LogP contribution in [0.4, 0.5) is 4.39 Å². The molecule has 6 heteroatoms. The van der Waals surface area contributed by atoms with Crippen molar-refractivity contribution in [3.05, 3.63) is 120 Å². The van der Waals surface area contributed by atoms with Crippen molar-refractivity contribution in [2.75, 3.05) is 6.61 Å². The Morgan fingerprint density at radius 1 is 0.694 bits per heavy atom. The number of rotatable bonds is 12. The highest BCUT2D eigenvalue weighted by Crippen LogP contribution is 2.31. The van der Waals surface area contributed by atoms with Gasteiger partial charge in [-0.3, -0.25) is 0 Å². The summed E-state index contributed by atoms with van der Waals surface area (Å²) in [5, 5.41) is 0. The van der Waals surface area contributed by atoms with E-state index in [-0.39, 0.29) is 13.2 Å². The predicted molar refractivity (Wildman–Crippen MR) is 136 cm³/mol. The van der Waals surface area contributed by atoms with Crippen molar-refractivity contribution in [2.45, 2.75) is 57.5 Å². The molecular weight excluding hydrogens is 459 g/mol. The first-order valence-electron chi connectivity index (χ1n) is 12.2. The highest BCUT2D eigenvalue weighted by atomic mass is 19.1. The summed E-state index contributed by atoms with van der Waals surface area (Å²) < 4.78 is 45.4. The van der Waals surface area contributed by atoms with Crippen LogP contribution in [0.3, 0.4) is 0 Å². The molecule has 3 aromatic rings. The van der Waals surface area contributed by atoms with E-state index >= 15 is 4.39 Å². The molecular formula is C30H33FO5. The lowest BCUT2D eigenvalue weighted by Crippen LogP contribution is -2.59. The van der Waals surface area contributed by atoms with Gasteiger partial charge in [-0.15, -0.1) is 0 Å². The summed E-state index contributed by atoms with van der Waals surface area (Å²) in [6.07, 6.45) is -1.56. The Morgan fingerprint density at radius 2 is 1.19 bits per heavy atom. The molecule has 0 spiro atoms. The largest absolute Gasteiger partial charge is 0.490 e. The van der Waals surface area contributed by atoms with E-state index < -0.39 is 30.8 Å². The maximum atomic E-state index is 15.3. The molecule has 1 aliphatic rings. The van der Waals surface area contributed by atoms with Crippen LogP contribution in [0.15, 0.2) is 103 Å². The van der Waals surface area contributed by atoms with Crippen molar-refractivity contribution >= 4 is 0 Å². The van der Waals surface area contributed by atoms with E-state index in [2.05, 4.69) is 0 Å². The minimum atomic E-state index is -1.70. The van der Waals surface area contributed by atoms with Crippen LogP contribution in [-0.2, 0) is 43.5 Å². The Balaban J connectivity index is 1.52. The first-order chi connectivity index (χ1) is 17.7. The molecule has 0 N–H and O–H groups in total. The lowest BCUT2D eigenvalue weighted by molar-refractivity contribution is -0.288. The Bertz CT molecular complexity index is 1030. The van der Waals surface area contributed by atoms with Gasteiger partial charge in [0.1, 0.15) is 18.3 Å². The second-order valence-electron chi connectivity index (χ2n) is 8.62. The number of alkyl halides is 1. The fraction of sp³-hybridized carbons (Fsp3) is 0.333. The predicted octanol–water partition coefficient (Wildman–Crippen LogP) is 5.99. The average Bonchev–Trinajstić information content (AvgIpc) is 2.92. The van der Waals surface area contributed by atoms with Crippen LogP contribution in [0, 0.1) is 0 Å². The monoisotopic (exact) mass is 492 g/mol. The third-order valence-electron chi connectivity index (χ3n) is 5.91. The van der Waals surface area contributed by atoms with Crippen LogP contribution in [0.1, 0.15) is 23.6 Å². The van der Waals surface area contributed by atoms with E-state index in [4.69, 9.17) is 23.7 Å². The maximum absolute atomic E-state index is 15.3. The molecule has 5 nitrogen and oxygen atoms in total. The van der Waals surface area contributed by atoms with Gasteiger partial charge in [0, 0.05) is 0 Å². The number of ether oxygens (including phenoxy) is 5. The SMILES string of the molecule is C/C=C\O[C@@H]1[C@@H](OCc2ccccc2)[C@H](OCc2ccccc2)[C@@H](COCc2ccccc2)O[C@H]1F. The zero-order valence-electron chi connectivity index (χ0n) is 20.4. The molecule has 0 amide bonds. The number of allylic oxidation sites excluding steroid dienone is 1. The van der Waals surface area contributed by atoms with Crippen molar-refractivity contribution in [3.63, 3.8) is 0 Å². The first kappa shape index (κ1) is 26.0. The van der Waals surface area contributed by atoms with E-state index in [0.717, 1.165) is 16.7 Å². The smallest absolute Gasteiger partial charge is 0.239 e. The van der Waals surface area contributed by atoms with Gasteiger partial charge in [-0.1, -0.05) is 97.1 Å². The lowest BCUT2D eigenvalue weighted by Gasteiger charge is -2.43. The molecule has 1 fully saturated rings. The molecule has 0 saturated carbocycles. The summed E-state index contributed by atoms with van der Waals surface area (Å²) in [4.78, 5) is 0. The van der Waals surface area contributed by atoms with Crippen LogP contribution in [0.5, 0.6) is 0 Å². The average molecular weight is 493 g/mol. The topological polar surface area (TPSA) is 46.2 Å². The summed E-state index contributed by atoms with van der Waals surface area (Å²) in [6, 6.07) is 29.4. The summed E-state index contributed by atoms with van der Waals surface area (Å²) in [7, 11) is 0. The molecule has 1 aliphatic heterocycles. The summed E-state index contributed by atoms with van der Waals surface area (Å²) in [5.74, 6) is 0. The number of benzene rings is 3. The molecule has 1 saturated heterocycles. The summed E-state index contributed by atoms with van der Waals surface area (Å²) in [5.41, 5.74) is 3.00. The van der Waals surface area contributed by atoms with Crippen molar-refractivity contribution in [1.29, 1.82) is 0 Å². The van der Waals surface area contributed by atoms with Gasteiger partial charge in [0.05, 0.1) is 32.7 Å². The molecule has 0 bridgehead atoms. The minimum absolute atomic E-state index is 0.149. The molecule has 1 heterocycles. The molecule has 0 unspecified atom stereocenters. The lowest BCUT2D eigenvalue weighted by atomic mass is 9.98. The second kappa shape index (κ2) is 13.9. The Kier molecular flexibility index (Phi) is 10.1. The first-order valence-corrected chi connectivity index (χ1v) is 12.2. The van der Waals surface area contributed by atoms with Gasteiger partial charge < -0.3 is 23.7 Å². The molecule has 0 radical (unpaired) electrons. The fourth-order valence-electron chi connectivity index (χ4n) is 4.10. The molecule has 190 valence electrons. The Morgan fingerprint density at radius 3 is 1.72 bits per heavy atom. The van der Waals surface area contributed by atoms with Gasteiger partial charge in [0.2, 0.25) is 6.36 Å². The maximum Gasteiger partial charge on any atom is 0.239 e. The quantitative estimate of drug-likeness (QED) is 0.291. The van der Waals surface area contributed by atoms with E-state index in [9.17, 15) is 0 Å². The molecule has 0 aliphatic carbocycles. The van der Waals surface area contributed by atoms with Gasteiger partial charge >= 0.3 is 0 Å². The highest BCUT2D eigenvalue weighted by molar-refractivity contribution is 5.15. The van der Waals surface area contributed by atoms with Crippen molar-refractivity contribution < 1.29 is 28.1 Å². The number of hydrogen-bond donors (Lipinski definition) is 0. The van der Waals surface area contributed by atoms with E-state index in [0.29, 0.717) is 13.2 Å². The van der Waals surface area contributed by atoms with Crippen molar-refractivity contribution in [1.82, 2.24) is 0 Å². The van der Waals surface area contributed by atoms with Crippen molar-refractivity contribution in [3.8, 4) is 0 Å². The van der Waals surface area contributed by atoms with Gasteiger partial charge in [-0.05, 0) is 23.6 Å². The van der Waals surface area contributed by atoms with Gasteiger partial charge in [-0.2, -0.15) is 0 Å². The number of hydrogen-bond acceptors (Lipinski definition) is 5.